The van der Waals surface area contributed by atoms with E-state index in [0.29, 0.717) is 12.0 Å². The van der Waals surface area contributed by atoms with Gasteiger partial charge in [0.25, 0.3) is 0 Å². The monoisotopic (exact) mass is 226 g/mol. The Kier molecular flexibility index (Phi) is 5.08. The summed E-state index contributed by atoms with van der Waals surface area (Å²) < 4.78 is 26.3. The molecule has 2 nitrogen and oxygen atoms in total. The molecule has 0 radical (unpaired) electrons. The van der Waals surface area contributed by atoms with Crippen LogP contribution in [-0.2, 0) is 6.42 Å². The number of allylic oxidation sites excluding steroid dienone is 1. The van der Waals surface area contributed by atoms with Crippen LogP contribution >= 0.6 is 0 Å². The van der Waals surface area contributed by atoms with E-state index in [2.05, 4.69) is 12.0 Å². The van der Waals surface area contributed by atoms with Gasteiger partial charge in [-0.3, -0.25) is 11.3 Å². The Morgan fingerprint density at radius 1 is 1.44 bits per heavy atom. The van der Waals surface area contributed by atoms with Crippen molar-refractivity contribution >= 4 is 0 Å². The molecule has 88 valence electrons. The van der Waals surface area contributed by atoms with E-state index in [1.54, 1.807) is 12.1 Å². The van der Waals surface area contributed by atoms with Gasteiger partial charge in [-0.25, -0.2) is 8.78 Å². The Balaban J connectivity index is 2.69. The average Bonchev–Trinajstić information content (AvgIpc) is 2.30. The molecule has 1 atom stereocenters. The highest BCUT2D eigenvalue weighted by molar-refractivity contribution is 5.20. The molecular weight excluding hydrogens is 210 g/mol. The highest BCUT2D eigenvalue weighted by atomic mass is 19.2. The van der Waals surface area contributed by atoms with Gasteiger partial charge in [0.2, 0.25) is 0 Å². The molecule has 3 N–H and O–H groups in total. The van der Waals surface area contributed by atoms with Gasteiger partial charge in [0.15, 0.2) is 11.6 Å². The average molecular weight is 226 g/mol. The lowest BCUT2D eigenvalue weighted by atomic mass is 10.0. The summed E-state index contributed by atoms with van der Waals surface area (Å²) in [5, 5.41) is 0. The molecule has 1 rings (SSSR count). The normalized spacial score (nSPS) is 12.4. The van der Waals surface area contributed by atoms with Crippen LogP contribution in [0.1, 0.15) is 18.4 Å². The van der Waals surface area contributed by atoms with Gasteiger partial charge >= 0.3 is 0 Å². The third-order valence-electron chi connectivity index (χ3n) is 2.45. The number of hydrazine groups is 1. The Morgan fingerprint density at radius 3 is 2.81 bits per heavy atom. The summed E-state index contributed by atoms with van der Waals surface area (Å²) >= 11 is 0. The van der Waals surface area contributed by atoms with E-state index in [9.17, 15) is 8.78 Å². The van der Waals surface area contributed by atoms with Crippen molar-refractivity contribution in [3.63, 3.8) is 0 Å². The number of hydrogen-bond donors (Lipinski definition) is 2. The van der Waals surface area contributed by atoms with Gasteiger partial charge in [0.1, 0.15) is 0 Å². The van der Waals surface area contributed by atoms with Gasteiger partial charge in [-0.1, -0.05) is 18.2 Å². The number of halogens is 2. The summed E-state index contributed by atoms with van der Waals surface area (Å²) in [4.78, 5) is 0. The second-order valence-electron chi connectivity index (χ2n) is 3.65. The van der Waals surface area contributed by atoms with Crippen LogP contribution in [0.3, 0.4) is 0 Å². The standard InChI is InChI=1S/C12H16F2N2/c1-2-3-6-10(16-15)8-9-5-4-7-11(13)12(9)14/h2,4-5,7,10,16H,1,3,6,8,15H2. The van der Waals surface area contributed by atoms with Crippen LogP contribution in [0.15, 0.2) is 30.9 Å². The van der Waals surface area contributed by atoms with Crippen molar-refractivity contribution in [3.8, 4) is 0 Å². The van der Waals surface area contributed by atoms with Crippen LogP contribution in [0.2, 0.25) is 0 Å². The molecule has 1 unspecified atom stereocenters. The first kappa shape index (κ1) is 12.8. The highest BCUT2D eigenvalue weighted by Gasteiger charge is 2.12. The maximum atomic E-state index is 13.4. The van der Waals surface area contributed by atoms with Crippen LogP contribution < -0.4 is 11.3 Å². The van der Waals surface area contributed by atoms with Crippen molar-refractivity contribution in [2.75, 3.05) is 0 Å². The lowest BCUT2D eigenvalue weighted by molar-refractivity contribution is 0.462. The first-order chi connectivity index (χ1) is 7.69. The van der Waals surface area contributed by atoms with Crippen molar-refractivity contribution < 1.29 is 8.78 Å². The Hall–Kier alpha value is -1.26. The Morgan fingerprint density at radius 2 is 2.19 bits per heavy atom. The van der Waals surface area contributed by atoms with Gasteiger partial charge < -0.3 is 0 Å². The van der Waals surface area contributed by atoms with Crippen molar-refractivity contribution in [3.05, 3.63) is 48.1 Å². The maximum Gasteiger partial charge on any atom is 0.162 e. The molecule has 0 fully saturated rings. The van der Waals surface area contributed by atoms with Gasteiger partial charge in [0.05, 0.1) is 0 Å². The Bertz CT molecular complexity index is 353. The number of benzene rings is 1. The van der Waals surface area contributed by atoms with E-state index in [0.717, 1.165) is 18.9 Å². The molecular formula is C12H16F2N2. The fraction of sp³-hybridized carbons (Fsp3) is 0.333. The summed E-state index contributed by atoms with van der Waals surface area (Å²) in [5.74, 6) is 3.74. The molecule has 1 aromatic rings. The largest absolute Gasteiger partial charge is 0.271 e. The molecule has 0 bridgehead atoms. The minimum absolute atomic E-state index is 0.0747. The highest BCUT2D eigenvalue weighted by Crippen LogP contribution is 2.14. The van der Waals surface area contributed by atoms with E-state index >= 15 is 0 Å². The fourth-order valence-corrected chi connectivity index (χ4v) is 1.53. The lowest BCUT2D eigenvalue weighted by Crippen LogP contribution is -2.36. The molecule has 0 aliphatic carbocycles. The number of rotatable bonds is 6. The number of nitrogens with two attached hydrogens (primary N) is 1. The second-order valence-corrected chi connectivity index (χ2v) is 3.65. The van der Waals surface area contributed by atoms with Crippen LogP contribution in [0.4, 0.5) is 8.78 Å². The molecule has 1 aromatic carbocycles. The summed E-state index contributed by atoms with van der Waals surface area (Å²) in [6.07, 6.45) is 3.67. The molecule has 0 aliphatic heterocycles. The topological polar surface area (TPSA) is 38.0 Å². The van der Waals surface area contributed by atoms with E-state index in [1.165, 1.54) is 6.07 Å². The molecule has 0 aliphatic rings. The first-order valence-electron chi connectivity index (χ1n) is 5.19. The van der Waals surface area contributed by atoms with E-state index < -0.39 is 11.6 Å². The third-order valence-corrected chi connectivity index (χ3v) is 2.45. The third kappa shape index (κ3) is 3.40. The Labute approximate surface area is 94.1 Å². The van der Waals surface area contributed by atoms with Crippen molar-refractivity contribution in [2.45, 2.75) is 25.3 Å². The van der Waals surface area contributed by atoms with Gasteiger partial charge in [0, 0.05) is 6.04 Å². The van der Waals surface area contributed by atoms with E-state index in [4.69, 9.17) is 5.84 Å². The molecule has 0 heterocycles. The quantitative estimate of drug-likeness (QED) is 0.444. The SMILES string of the molecule is C=CCCC(Cc1cccc(F)c1F)NN. The van der Waals surface area contributed by atoms with Crippen molar-refractivity contribution in [1.82, 2.24) is 5.43 Å². The molecule has 0 saturated heterocycles. The zero-order chi connectivity index (χ0) is 12.0. The molecule has 0 amide bonds. The summed E-state index contributed by atoms with van der Waals surface area (Å²) in [7, 11) is 0. The second kappa shape index (κ2) is 6.35. The number of hydrogen-bond acceptors (Lipinski definition) is 2. The van der Waals surface area contributed by atoms with Crippen LogP contribution in [-0.4, -0.2) is 6.04 Å². The van der Waals surface area contributed by atoms with Crippen LogP contribution in [0.25, 0.3) is 0 Å². The van der Waals surface area contributed by atoms with Crippen molar-refractivity contribution in [1.29, 1.82) is 0 Å². The van der Waals surface area contributed by atoms with Gasteiger partial charge in [-0.2, -0.15) is 0 Å². The predicted molar refractivity (Wildman–Crippen MR) is 60.6 cm³/mol. The van der Waals surface area contributed by atoms with Crippen LogP contribution in [0.5, 0.6) is 0 Å². The van der Waals surface area contributed by atoms with E-state index in [-0.39, 0.29) is 6.04 Å². The zero-order valence-electron chi connectivity index (χ0n) is 9.05. The molecule has 0 spiro atoms. The summed E-state index contributed by atoms with van der Waals surface area (Å²) in [5.41, 5.74) is 2.93. The minimum atomic E-state index is -0.822. The zero-order valence-corrected chi connectivity index (χ0v) is 9.05. The van der Waals surface area contributed by atoms with Gasteiger partial charge in [-0.15, -0.1) is 6.58 Å². The minimum Gasteiger partial charge on any atom is -0.271 e. The smallest absolute Gasteiger partial charge is 0.162 e. The molecule has 16 heavy (non-hydrogen) atoms. The van der Waals surface area contributed by atoms with Crippen molar-refractivity contribution in [2.24, 2.45) is 5.84 Å². The maximum absolute atomic E-state index is 13.4. The predicted octanol–water partition coefficient (Wildman–Crippen LogP) is 2.31. The summed E-state index contributed by atoms with van der Waals surface area (Å²) in [6.45, 7) is 3.60. The number of nitrogens with one attached hydrogen (secondary N) is 1. The molecule has 0 saturated carbocycles. The fourth-order valence-electron chi connectivity index (χ4n) is 1.53. The van der Waals surface area contributed by atoms with Gasteiger partial charge in [-0.05, 0) is 30.9 Å². The molecule has 4 heteroatoms. The summed E-state index contributed by atoms with van der Waals surface area (Å²) in [6, 6.07) is 4.09. The first-order valence-corrected chi connectivity index (χ1v) is 5.19. The molecule has 0 aromatic heterocycles. The lowest BCUT2D eigenvalue weighted by Gasteiger charge is -2.15. The van der Waals surface area contributed by atoms with E-state index in [1.807, 2.05) is 0 Å². The van der Waals surface area contributed by atoms with Crippen LogP contribution in [0, 0.1) is 11.6 Å².